The molecular weight excluding hydrogens is 368 g/mol. The van der Waals surface area contributed by atoms with Crippen LogP contribution in [0.3, 0.4) is 0 Å². The van der Waals surface area contributed by atoms with Crippen LogP contribution < -0.4 is 15.4 Å². The van der Waals surface area contributed by atoms with Crippen molar-refractivity contribution < 1.29 is 9.47 Å². The van der Waals surface area contributed by atoms with Gasteiger partial charge in [-0.2, -0.15) is 0 Å². The number of rotatable bonds is 7. The molecule has 3 heterocycles. The van der Waals surface area contributed by atoms with Gasteiger partial charge in [0.15, 0.2) is 5.96 Å². The molecule has 4 rings (SSSR count). The molecule has 2 aliphatic rings. The van der Waals surface area contributed by atoms with Crippen LogP contribution in [0.15, 0.2) is 35.6 Å². The van der Waals surface area contributed by atoms with Crippen molar-refractivity contribution in [2.24, 2.45) is 10.9 Å². The van der Waals surface area contributed by atoms with Crippen LogP contribution in [-0.4, -0.2) is 53.6 Å². The van der Waals surface area contributed by atoms with Gasteiger partial charge in [-0.25, -0.2) is 0 Å². The molecule has 2 N–H and O–H groups in total. The van der Waals surface area contributed by atoms with E-state index in [0.717, 1.165) is 69.6 Å². The van der Waals surface area contributed by atoms with Gasteiger partial charge < -0.3 is 24.7 Å². The van der Waals surface area contributed by atoms with Gasteiger partial charge >= 0.3 is 0 Å². The van der Waals surface area contributed by atoms with Crippen molar-refractivity contribution in [2.75, 3.05) is 32.9 Å². The Labute approximate surface area is 171 Å². The maximum absolute atomic E-state index is 5.80. The molecule has 29 heavy (non-hydrogen) atoms. The summed E-state index contributed by atoms with van der Waals surface area (Å²) < 4.78 is 13.4. The van der Waals surface area contributed by atoms with Crippen LogP contribution >= 0.6 is 0 Å². The molecule has 0 bridgehead atoms. The molecule has 1 aromatic carbocycles. The van der Waals surface area contributed by atoms with Crippen molar-refractivity contribution in [3.05, 3.63) is 42.0 Å². The molecule has 8 heteroatoms. The highest BCUT2D eigenvalue weighted by atomic mass is 16.5. The Hall–Kier alpha value is -2.61. The second kappa shape index (κ2) is 9.73. The van der Waals surface area contributed by atoms with Crippen LogP contribution in [0, 0.1) is 5.92 Å². The van der Waals surface area contributed by atoms with Gasteiger partial charge in [0.2, 0.25) is 0 Å². The monoisotopic (exact) mass is 398 g/mol. The first kappa shape index (κ1) is 19.7. The molecule has 2 aromatic rings. The van der Waals surface area contributed by atoms with Crippen LogP contribution in [0.5, 0.6) is 5.75 Å². The number of para-hydroxylation sites is 1. The van der Waals surface area contributed by atoms with Gasteiger partial charge in [-0.05, 0) is 12.5 Å². The normalized spacial score (nSPS) is 21.5. The standard InChI is InChI=1S/C21H30N6O2/c1-2-20-26-24-15-27(20)10-9-22-21(23-13-16-7-11-28-14-16)25-18-8-12-29-19-6-4-3-5-17(18)19/h3-6,15-16,18H,2,7-14H2,1H3,(H2,22,23,25). The Morgan fingerprint density at radius 2 is 2.21 bits per heavy atom. The Bertz CT molecular complexity index is 815. The van der Waals surface area contributed by atoms with Gasteiger partial charge in [0.25, 0.3) is 0 Å². The van der Waals surface area contributed by atoms with Gasteiger partial charge in [0, 0.05) is 50.6 Å². The minimum Gasteiger partial charge on any atom is -0.493 e. The number of ether oxygens (including phenoxy) is 2. The van der Waals surface area contributed by atoms with E-state index in [2.05, 4.69) is 44.5 Å². The summed E-state index contributed by atoms with van der Waals surface area (Å²) in [7, 11) is 0. The molecule has 0 aliphatic carbocycles. The number of aromatic nitrogens is 3. The first-order valence-corrected chi connectivity index (χ1v) is 10.5. The Balaban J connectivity index is 1.41. The molecule has 0 amide bonds. The minimum atomic E-state index is 0.187. The Kier molecular flexibility index (Phi) is 6.61. The van der Waals surface area contributed by atoms with E-state index in [1.54, 1.807) is 6.33 Å². The lowest BCUT2D eigenvalue weighted by Gasteiger charge is -2.28. The lowest BCUT2D eigenvalue weighted by atomic mass is 10.0. The number of aryl methyl sites for hydroxylation is 1. The summed E-state index contributed by atoms with van der Waals surface area (Å²) in [6, 6.07) is 8.41. The summed E-state index contributed by atoms with van der Waals surface area (Å²) >= 11 is 0. The molecular formula is C21H30N6O2. The van der Waals surface area contributed by atoms with E-state index >= 15 is 0 Å². The fourth-order valence-corrected chi connectivity index (χ4v) is 3.79. The average Bonchev–Trinajstić information content (AvgIpc) is 3.44. The quantitative estimate of drug-likeness (QED) is 0.548. The number of fused-ring (bicyclic) bond motifs is 1. The number of nitrogens with one attached hydrogen (secondary N) is 2. The van der Waals surface area contributed by atoms with Gasteiger partial charge in [-0.1, -0.05) is 25.1 Å². The minimum absolute atomic E-state index is 0.187. The summed E-state index contributed by atoms with van der Waals surface area (Å²) in [5.74, 6) is 3.29. The van der Waals surface area contributed by atoms with E-state index < -0.39 is 0 Å². The van der Waals surface area contributed by atoms with Crippen LogP contribution in [0.2, 0.25) is 0 Å². The third-order valence-corrected chi connectivity index (χ3v) is 5.46. The molecule has 0 saturated carbocycles. The maximum Gasteiger partial charge on any atom is 0.191 e. The van der Waals surface area contributed by atoms with E-state index in [9.17, 15) is 0 Å². The van der Waals surface area contributed by atoms with E-state index in [1.165, 1.54) is 5.56 Å². The van der Waals surface area contributed by atoms with Gasteiger partial charge in [-0.3, -0.25) is 4.99 Å². The lowest BCUT2D eigenvalue weighted by Crippen LogP contribution is -2.42. The van der Waals surface area contributed by atoms with Crippen LogP contribution in [-0.2, 0) is 17.7 Å². The molecule has 1 saturated heterocycles. The second-order valence-corrected chi connectivity index (χ2v) is 7.51. The topological polar surface area (TPSA) is 85.6 Å². The lowest BCUT2D eigenvalue weighted by molar-refractivity contribution is 0.187. The Morgan fingerprint density at radius 1 is 1.28 bits per heavy atom. The summed E-state index contributed by atoms with van der Waals surface area (Å²) in [5, 5.41) is 15.3. The van der Waals surface area contributed by atoms with Crippen LogP contribution in [0.1, 0.15) is 37.2 Å². The number of hydrogen-bond acceptors (Lipinski definition) is 5. The number of hydrogen-bond donors (Lipinski definition) is 2. The first-order valence-electron chi connectivity index (χ1n) is 10.5. The number of guanidine groups is 1. The molecule has 0 spiro atoms. The zero-order chi connectivity index (χ0) is 19.9. The summed E-state index contributed by atoms with van der Waals surface area (Å²) in [4.78, 5) is 4.87. The second-order valence-electron chi connectivity index (χ2n) is 7.51. The first-order chi connectivity index (χ1) is 14.3. The van der Waals surface area contributed by atoms with Gasteiger partial charge in [0.05, 0.1) is 19.3 Å². The van der Waals surface area contributed by atoms with Crippen molar-refractivity contribution >= 4 is 5.96 Å². The van der Waals surface area contributed by atoms with Crippen molar-refractivity contribution in [2.45, 2.75) is 38.8 Å². The Morgan fingerprint density at radius 3 is 3.07 bits per heavy atom. The molecule has 2 unspecified atom stereocenters. The fraction of sp³-hybridized carbons (Fsp3) is 0.571. The summed E-state index contributed by atoms with van der Waals surface area (Å²) in [6.07, 6.45) is 4.65. The smallest absolute Gasteiger partial charge is 0.191 e. The van der Waals surface area contributed by atoms with E-state index in [4.69, 9.17) is 14.5 Å². The molecule has 1 fully saturated rings. The zero-order valence-electron chi connectivity index (χ0n) is 17.0. The van der Waals surface area contributed by atoms with Crippen molar-refractivity contribution in [3.63, 3.8) is 0 Å². The molecule has 156 valence electrons. The van der Waals surface area contributed by atoms with Gasteiger partial charge in [0.1, 0.15) is 17.9 Å². The maximum atomic E-state index is 5.80. The third-order valence-electron chi connectivity index (χ3n) is 5.46. The SMILES string of the molecule is CCc1nncn1CCNC(=NCC1CCOC1)NC1CCOc2ccccc21. The predicted octanol–water partition coefficient (Wildman–Crippen LogP) is 1.94. The van der Waals surface area contributed by atoms with Crippen molar-refractivity contribution in [3.8, 4) is 5.75 Å². The van der Waals surface area contributed by atoms with Gasteiger partial charge in [-0.15, -0.1) is 10.2 Å². The molecule has 1 aromatic heterocycles. The number of benzene rings is 1. The van der Waals surface area contributed by atoms with E-state index in [1.807, 2.05) is 12.1 Å². The fourth-order valence-electron chi connectivity index (χ4n) is 3.79. The van der Waals surface area contributed by atoms with Crippen molar-refractivity contribution in [1.29, 1.82) is 0 Å². The highest BCUT2D eigenvalue weighted by Crippen LogP contribution is 2.31. The largest absolute Gasteiger partial charge is 0.493 e. The molecule has 2 aliphatic heterocycles. The highest BCUT2D eigenvalue weighted by molar-refractivity contribution is 5.80. The zero-order valence-corrected chi connectivity index (χ0v) is 17.0. The third kappa shape index (κ3) is 5.06. The number of nitrogens with zero attached hydrogens (tertiary/aromatic N) is 4. The molecule has 0 radical (unpaired) electrons. The molecule has 8 nitrogen and oxygen atoms in total. The van der Waals surface area contributed by atoms with Crippen LogP contribution in [0.4, 0.5) is 0 Å². The molecule has 2 atom stereocenters. The highest BCUT2D eigenvalue weighted by Gasteiger charge is 2.22. The van der Waals surface area contributed by atoms with E-state index in [0.29, 0.717) is 12.5 Å². The van der Waals surface area contributed by atoms with Crippen molar-refractivity contribution in [1.82, 2.24) is 25.4 Å². The summed E-state index contributed by atoms with van der Waals surface area (Å²) in [6.45, 7) is 6.77. The number of aliphatic imine (C=N–C) groups is 1. The van der Waals surface area contributed by atoms with Crippen LogP contribution in [0.25, 0.3) is 0 Å². The van der Waals surface area contributed by atoms with E-state index in [-0.39, 0.29) is 6.04 Å². The predicted molar refractivity (Wildman–Crippen MR) is 111 cm³/mol. The average molecular weight is 399 g/mol. The summed E-state index contributed by atoms with van der Waals surface area (Å²) in [5.41, 5.74) is 1.18.